The number of likely N-dealkylation sites (tertiary alicyclic amines) is 1. The zero-order valence-electron chi connectivity index (χ0n) is 16.1. The van der Waals surface area contributed by atoms with Gasteiger partial charge in [-0.1, -0.05) is 20.8 Å². The van der Waals surface area contributed by atoms with Crippen molar-refractivity contribution in [3.05, 3.63) is 17.0 Å². The third-order valence-corrected chi connectivity index (χ3v) is 5.13. The molecule has 6 heteroatoms. The number of hydrogen-bond acceptors (Lipinski definition) is 3. The van der Waals surface area contributed by atoms with Crippen LogP contribution in [0.3, 0.4) is 0 Å². The Bertz CT molecular complexity index is 636. The van der Waals surface area contributed by atoms with Gasteiger partial charge in [0.1, 0.15) is 6.04 Å². The minimum absolute atomic E-state index is 0.0605. The Kier molecular flexibility index (Phi) is 6.25. The van der Waals surface area contributed by atoms with Crippen molar-refractivity contribution in [3.63, 3.8) is 0 Å². The van der Waals surface area contributed by atoms with Gasteiger partial charge in [0.25, 0.3) is 0 Å². The summed E-state index contributed by atoms with van der Waals surface area (Å²) >= 11 is 0. The first kappa shape index (κ1) is 19.5. The number of aryl methyl sites for hydroxylation is 1. The zero-order valence-corrected chi connectivity index (χ0v) is 16.1. The molecule has 2 rings (SSSR count). The second kappa shape index (κ2) is 8.02. The monoisotopic (exact) mass is 349 g/mol. The van der Waals surface area contributed by atoms with E-state index in [0.29, 0.717) is 37.6 Å². The van der Waals surface area contributed by atoms with Gasteiger partial charge in [0, 0.05) is 25.2 Å². The van der Waals surface area contributed by atoms with E-state index in [4.69, 9.17) is 0 Å². The van der Waals surface area contributed by atoms with Gasteiger partial charge in [-0.2, -0.15) is 5.10 Å². The lowest BCUT2D eigenvalue weighted by Gasteiger charge is -2.36. The number of carboxylic acid groups (broad SMARTS) is 1. The Hall–Kier alpha value is -1.85. The molecule has 1 aromatic heterocycles. The number of amides is 1. The topological polar surface area (TPSA) is 75.4 Å². The van der Waals surface area contributed by atoms with E-state index in [9.17, 15) is 14.7 Å². The van der Waals surface area contributed by atoms with Crippen molar-refractivity contribution < 1.29 is 14.7 Å². The summed E-state index contributed by atoms with van der Waals surface area (Å²) in [5, 5.41) is 14.0. The molecule has 2 unspecified atom stereocenters. The molecule has 1 N–H and O–H groups in total. The summed E-state index contributed by atoms with van der Waals surface area (Å²) in [4.78, 5) is 25.7. The predicted octanol–water partition coefficient (Wildman–Crippen LogP) is 2.80. The number of rotatable bonds is 6. The lowest BCUT2D eigenvalue weighted by Crippen LogP contribution is -2.49. The highest BCUT2D eigenvalue weighted by Crippen LogP contribution is 2.24. The fourth-order valence-electron chi connectivity index (χ4n) is 3.67. The van der Waals surface area contributed by atoms with Gasteiger partial charge in [-0.25, -0.2) is 4.79 Å². The largest absolute Gasteiger partial charge is 0.480 e. The first-order valence-electron chi connectivity index (χ1n) is 9.25. The first-order chi connectivity index (χ1) is 11.7. The van der Waals surface area contributed by atoms with Crippen molar-refractivity contribution in [1.29, 1.82) is 0 Å². The highest BCUT2D eigenvalue weighted by Gasteiger charge is 2.34. The maximum Gasteiger partial charge on any atom is 0.326 e. The van der Waals surface area contributed by atoms with Crippen molar-refractivity contribution >= 4 is 11.9 Å². The second-order valence-electron chi connectivity index (χ2n) is 7.80. The summed E-state index contributed by atoms with van der Waals surface area (Å²) in [5.41, 5.74) is 3.19. The molecule has 2 heterocycles. The third-order valence-electron chi connectivity index (χ3n) is 5.13. The van der Waals surface area contributed by atoms with Crippen molar-refractivity contribution in [1.82, 2.24) is 14.7 Å². The maximum absolute atomic E-state index is 12.6. The van der Waals surface area contributed by atoms with E-state index in [1.807, 2.05) is 25.5 Å². The molecular weight excluding hydrogens is 318 g/mol. The van der Waals surface area contributed by atoms with Crippen molar-refractivity contribution in [2.75, 3.05) is 6.54 Å². The van der Waals surface area contributed by atoms with E-state index < -0.39 is 12.0 Å². The van der Waals surface area contributed by atoms with Crippen LogP contribution in [0, 0.1) is 25.7 Å². The number of carbonyl (C=O) groups excluding carboxylic acids is 1. The van der Waals surface area contributed by atoms with Crippen LogP contribution < -0.4 is 0 Å². The number of carboxylic acids is 1. The number of aliphatic carboxylic acids is 1. The zero-order chi connectivity index (χ0) is 18.7. The van der Waals surface area contributed by atoms with Crippen molar-refractivity contribution in [2.45, 2.75) is 72.9 Å². The number of piperidine rings is 1. The van der Waals surface area contributed by atoms with Crippen LogP contribution in [0.4, 0.5) is 0 Å². The normalized spacial score (nSPS) is 21.0. The van der Waals surface area contributed by atoms with Gasteiger partial charge < -0.3 is 10.0 Å². The van der Waals surface area contributed by atoms with E-state index in [1.54, 1.807) is 4.90 Å². The Labute approximate surface area is 150 Å². The molecule has 0 aliphatic carbocycles. The van der Waals surface area contributed by atoms with Crippen LogP contribution in [-0.4, -0.2) is 44.3 Å². The lowest BCUT2D eigenvalue weighted by atomic mass is 9.92. The Morgan fingerprint density at radius 1 is 1.32 bits per heavy atom. The summed E-state index contributed by atoms with van der Waals surface area (Å²) in [7, 11) is 0. The smallest absolute Gasteiger partial charge is 0.326 e. The maximum atomic E-state index is 12.6. The fourth-order valence-corrected chi connectivity index (χ4v) is 3.67. The number of nitrogens with zero attached hydrogens (tertiary/aromatic N) is 3. The minimum Gasteiger partial charge on any atom is -0.480 e. The number of carbonyl (C=O) groups is 2. The predicted molar refractivity (Wildman–Crippen MR) is 96.4 cm³/mol. The molecule has 1 aliphatic heterocycles. The molecule has 0 aromatic carbocycles. The number of aromatic nitrogens is 2. The van der Waals surface area contributed by atoms with Crippen LogP contribution in [0.15, 0.2) is 0 Å². The second-order valence-corrected chi connectivity index (χ2v) is 7.80. The van der Waals surface area contributed by atoms with E-state index in [1.165, 1.54) is 0 Å². The fraction of sp³-hybridized carbons (Fsp3) is 0.737. The molecule has 1 aromatic rings. The van der Waals surface area contributed by atoms with Crippen LogP contribution in [-0.2, 0) is 22.6 Å². The molecule has 1 saturated heterocycles. The first-order valence-corrected chi connectivity index (χ1v) is 9.25. The summed E-state index contributed by atoms with van der Waals surface area (Å²) in [6.07, 6.45) is 2.38. The Morgan fingerprint density at radius 2 is 2.00 bits per heavy atom. The molecule has 1 amide bonds. The minimum atomic E-state index is -0.892. The number of hydrogen-bond donors (Lipinski definition) is 1. The van der Waals surface area contributed by atoms with Crippen LogP contribution in [0.1, 0.15) is 57.0 Å². The molecule has 2 atom stereocenters. The SMILES string of the molecule is Cc1nn(CC(C)C)c(C)c1CCC(=O)N1CCC(C)CC1C(=O)O. The van der Waals surface area contributed by atoms with Crippen molar-refractivity contribution in [3.8, 4) is 0 Å². The van der Waals surface area contributed by atoms with Gasteiger partial charge in [-0.15, -0.1) is 0 Å². The van der Waals surface area contributed by atoms with Crippen LogP contribution in [0.5, 0.6) is 0 Å². The molecule has 0 saturated carbocycles. The summed E-state index contributed by atoms with van der Waals surface area (Å²) in [5.74, 6) is -0.0882. The van der Waals surface area contributed by atoms with Crippen molar-refractivity contribution in [2.24, 2.45) is 11.8 Å². The standard InChI is InChI=1S/C19H31N3O3/c1-12(2)11-22-15(5)16(14(4)20-22)6-7-18(23)21-9-8-13(3)10-17(21)19(24)25/h12-13,17H,6-11H2,1-5H3,(H,24,25). The van der Waals surface area contributed by atoms with E-state index in [0.717, 1.165) is 29.9 Å². The van der Waals surface area contributed by atoms with Gasteiger partial charge in [0.05, 0.1) is 5.69 Å². The quantitative estimate of drug-likeness (QED) is 0.857. The van der Waals surface area contributed by atoms with Gasteiger partial charge in [-0.05, 0) is 50.5 Å². The highest BCUT2D eigenvalue weighted by molar-refractivity contribution is 5.84. The Morgan fingerprint density at radius 3 is 2.60 bits per heavy atom. The molecule has 1 aliphatic rings. The molecular formula is C19H31N3O3. The van der Waals surface area contributed by atoms with Gasteiger partial charge in [0.15, 0.2) is 0 Å². The average molecular weight is 349 g/mol. The summed E-state index contributed by atoms with van der Waals surface area (Å²) in [6, 6.07) is -0.679. The lowest BCUT2D eigenvalue weighted by molar-refractivity contribution is -0.153. The van der Waals surface area contributed by atoms with Gasteiger partial charge in [-0.3, -0.25) is 9.48 Å². The third kappa shape index (κ3) is 4.61. The summed E-state index contributed by atoms with van der Waals surface area (Å²) in [6.45, 7) is 11.8. The van der Waals surface area contributed by atoms with E-state index >= 15 is 0 Å². The molecule has 140 valence electrons. The van der Waals surface area contributed by atoms with Gasteiger partial charge in [0.2, 0.25) is 5.91 Å². The van der Waals surface area contributed by atoms with Crippen LogP contribution in [0.25, 0.3) is 0 Å². The molecule has 25 heavy (non-hydrogen) atoms. The van der Waals surface area contributed by atoms with Crippen LogP contribution >= 0.6 is 0 Å². The van der Waals surface area contributed by atoms with E-state index in [-0.39, 0.29) is 5.91 Å². The molecule has 0 bridgehead atoms. The Balaban J connectivity index is 2.04. The van der Waals surface area contributed by atoms with E-state index in [2.05, 4.69) is 18.9 Å². The van der Waals surface area contributed by atoms with Crippen LogP contribution in [0.2, 0.25) is 0 Å². The summed E-state index contributed by atoms with van der Waals surface area (Å²) < 4.78 is 2.02. The molecule has 0 radical (unpaired) electrons. The highest BCUT2D eigenvalue weighted by atomic mass is 16.4. The molecule has 1 fully saturated rings. The molecule has 6 nitrogen and oxygen atoms in total. The average Bonchev–Trinajstić information content (AvgIpc) is 2.78. The van der Waals surface area contributed by atoms with Gasteiger partial charge >= 0.3 is 5.97 Å². The molecule has 0 spiro atoms.